The molecular formula is C15H29NO3Zn. The number of hydrogen-bond donors (Lipinski definition) is 2. The van der Waals surface area contributed by atoms with Gasteiger partial charge >= 0.3 is 5.97 Å². The van der Waals surface area contributed by atoms with E-state index in [0.29, 0.717) is 6.42 Å². The molecule has 0 heterocycles. The Morgan fingerprint density at radius 3 is 1.85 bits per heavy atom. The molecular weight excluding hydrogens is 308 g/mol. The van der Waals surface area contributed by atoms with E-state index in [1.165, 1.54) is 51.9 Å². The monoisotopic (exact) mass is 335 g/mol. The van der Waals surface area contributed by atoms with Crippen molar-refractivity contribution in [1.82, 2.24) is 5.32 Å². The Kier molecular flexibility index (Phi) is 16.3. The average molecular weight is 337 g/mol. The van der Waals surface area contributed by atoms with Gasteiger partial charge in [-0.05, 0) is 13.3 Å². The Morgan fingerprint density at radius 1 is 0.950 bits per heavy atom. The molecule has 0 saturated heterocycles. The zero-order valence-corrected chi connectivity index (χ0v) is 16.1. The quantitative estimate of drug-likeness (QED) is 0.423. The zero-order valence-electron chi connectivity index (χ0n) is 13.1. The van der Waals surface area contributed by atoms with Gasteiger partial charge in [-0.1, -0.05) is 58.3 Å². The Morgan fingerprint density at radius 2 is 1.40 bits per heavy atom. The molecule has 5 heteroatoms. The number of unbranched alkanes of at least 4 members (excludes halogenated alkanes) is 8. The second-order valence-corrected chi connectivity index (χ2v) is 5.21. The predicted molar refractivity (Wildman–Crippen MR) is 77.1 cm³/mol. The van der Waals surface area contributed by atoms with Crippen LogP contribution in [0.3, 0.4) is 0 Å². The molecule has 0 aromatic heterocycles. The van der Waals surface area contributed by atoms with Crippen LogP contribution in [0.25, 0.3) is 0 Å². The maximum Gasteiger partial charge on any atom is 0.325 e. The third kappa shape index (κ3) is 14.0. The maximum absolute atomic E-state index is 11.4. The minimum atomic E-state index is -0.986. The van der Waals surface area contributed by atoms with Crippen LogP contribution in [0.2, 0.25) is 0 Å². The average Bonchev–Trinajstić information content (AvgIpc) is 2.36. The number of hydrogen-bond acceptors (Lipinski definition) is 2. The molecule has 0 fully saturated rings. The standard InChI is InChI=1S/C15H29NO3.Zn/c1-3-4-5-6-7-8-9-10-11-12-14(17)16-13(2)15(18)19;/h13H,3-12H2,1-2H3,(H,16,17)(H,18,19);. The SMILES string of the molecule is CCCCCCCCCCCC(=O)NC(C)C(=O)O.[Zn]. The summed E-state index contributed by atoms with van der Waals surface area (Å²) in [5.74, 6) is -1.14. The number of amides is 1. The Balaban J connectivity index is 0. The topological polar surface area (TPSA) is 66.4 Å². The largest absolute Gasteiger partial charge is 0.480 e. The van der Waals surface area contributed by atoms with E-state index >= 15 is 0 Å². The van der Waals surface area contributed by atoms with Gasteiger partial charge in [0.1, 0.15) is 6.04 Å². The summed E-state index contributed by atoms with van der Waals surface area (Å²) in [5, 5.41) is 11.1. The molecule has 2 N–H and O–H groups in total. The van der Waals surface area contributed by atoms with Crippen LogP contribution >= 0.6 is 0 Å². The van der Waals surface area contributed by atoms with Crippen molar-refractivity contribution in [2.24, 2.45) is 0 Å². The zero-order chi connectivity index (χ0) is 14.5. The molecule has 4 nitrogen and oxygen atoms in total. The van der Waals surface area contributed by atoms with Crippen molar-refractivity contribution < 1.29 is 34.2 Å². The number of carbonyl (C=O) groups is 2. The molecule has 0 spiro atoms. The first-order valence-electron chi connectivity index (χ1n) is 7.60. The summed E-state index contributed by atoms with van der Waals surface area (Å²) in [6.45, 7) is 3.70. The molecule has 114 valence electrons. The summed E-state index contributed by atoms with van der Waals surface area (Å²) in [6, 6.07) is -0.786. The van der Waals surface area contributed by atoms with Crippen LogP contribution < -0.4 is 5.32 Å². The van der Waals surface area contributed by atoms with Crippen molar-refractivity contribution in [2.45, 2.75) is 84.1 Å². The van der Waals surface area contributed by atoms with Gasteiger partial charge in [-0.2, -0.15) is 0 Å². The molecule has 0 aromatic rings. The smallest absolute Gasteiger partial charge is 0.325 e. The van der Waals surface area contributed by atoms with Gasteiger partial charge in [-0.25, -0.2) is 0 Å². The molecule has 0 aliphatic heterocycles. The van der Waals surface area contributed by atoms with E-state index in [4.69, 9.17) is 5.11 Å². The molecule has 0 aliphatic rings. The molecule has 1 unspecified atom stereocenters. The van der Waals surface area contributed by atoms with E-state index in [1.54, 1.807) is 0 Å². The maximum atomic E-state index is 11.4. The van der Waals surface area contributed by atoms with Gasteiger partial charge in [0.05, 0.1) is 0 Å². The Bertz CT molecular complexity index is 260. The molecule has 0 aromatic carbocycles. The number of carboxylic acids is 1. The van der Waals surface area contributed by atoms with Crippen LogP contribution in [-0.2, 0) is 29.1 Å². The van der Waals surface area contributed by atoms with Gasteiger partial charge in [-0.3, -0.25) is 9.59 Å². The van der Waals surface area contributed by atoms with E-state index in [2.05, 4.69) is 12.2 Å². The number of rotatable bonds is 12. The molecule has 1 amide bonds. The minimum Gasteiger partial charge on any atom is -0.480 e. The summed E-state index contributed by atoms with van der Waals surface area (Å²) >= 11 is 0. The fraction of sp³-hybridized carbons (Fsp3) is 0.867. The Labute approximate surface area is 135 Å². The van der Waals surface area contributed by atoms with Crippen molar-refractivity contribution >= 4 is 11.9 Å². The molecule has 20 heavy (non-hydrogen) atoms. The first kappa shape index (κ1) is 21.9. The van der Waals surface area contributed by atoms with Gasteiger partial charge in [0.15, 0.2) is 0 Å². The second-order valence-electron chi connectivity index (χ2n) is 5.21. The summed E-state index contributed by atoms with van der Waals surface area (Å²) in [4.78, 5) is 21.9. The number of carbonyl (C=O) groups excluding carboxylic acids is 1. The van der Waals surface area contributed by atoms with Crippen molar-refractivity contribution in [3.63, 3.8) is 0 Å². The molecule has 0 saturated carbocycles. The van der Waals surface area contributed by atoms with E-state index in [0.717, 1.165) is 12.8 Å². The fourth-order valence-electron chi connectivity index (χ4n) is 1.97. The van der Waals surface area contributed by atoms with Crippen molar-refractivity contribution in [3.8, 4) is 0 Å². The fourth-order valence-corrected chi connectivity index (χ4v) is 1.97. The van der Waals surface area contributed by atoms with Crippen LogP contribution in [-0.4, -0.2) is 23.0 Å². The molecule has 0 bridgehead atoms. The van der Waals surface area contributed by atoms with E-state index in [-0.39, 0.29) is 25.4 Å². The predicted octanol–water partition coefficient (Wildman–Crippen LogP) is 3.49. The van der Waals surface area contributed by atoms with Gasteiger partial charge in [0.25, 0.3) is 0 Å². The number of carboxylic acid groups (broad SMARTS) is 1. The van der Waals surface area contributed by atoms with Gasteiger partial charge < -0.3 is 10.4 Å². The van der Waals surface area contributed by atoms with Crippen LogP contribution in [0.4, 0.5) is 0 Å². The van der Waals surface area contributed by atoms with Crippen LogP contribution in [0, 0.1) is 0 Å². The molecule has 1 atom stereocenters. The van der Waals surface area contributed by atoms with Crippen LogP contribution in [0.1, 0.15) is 78.1 Å². The van der Waals surface area contributed by atoms with Crippen molar-refractivity contribution in [3.05, 3.63) is 0 Å². The third-order valence-corrected chi connectivity index (χ3v) is 3.26. The first-order valence-corrected chi connectivity index (χ1v) is 7.60. The van der Waals surface area contributed by atoms with Crippen LogP contribution in [0.15, 0.2) is 0 Å². The van der Waals surface area contributed by atoms with Gasteiger partial charge in [0.2, 0.25) is 5.91 Å². The molecule has 0 radical (unpaired) electrons. The van der Waals surface area contributed by atoms with Gasteiger partial charge in [0, 0.05) is 25.9 Å². The van der Waals surface area contributed by atoms with E-state index in [1.807, 2.05) is 0 Å². The normalized spacial score (nSPS) is 11.5. The summed E-state index contributed by atoms with van der Waals surface area (Å²) in [7, 11) is 0. The second kappa shape index (κ2) is 15.0. The third-order valence-electron chi connectivity index (χ3n) is 3.26. The van der Waals surface area contributed by atoms with Crippen molar-refractivity contribution in [2.75, 3.05) is 0 Å². The number of nitrogens with one attached hydrogen (secondary N) is 1. The summed E-state index contributed by atoms with van der Waals surface area (Å²) in [5.41, 5.74) is 0. The molecule has 0 aliphatic carbocycles. The Hall–Kier alpha value is -0.437. The minimum absolute atomic E-state index is 0. The van der Waals surface area contributed by atoms with Crippen LogP contribution in [0.5, 0.6) is 0 Å². The summed E-state index contributed by atoms with van der Waals surface area (Å²) in [6.07, 6.45) is 11.3. The number of aliphatic carboxylic acids is 1. The van der Waals surface area contributed by atoms with Gasteiger partial charge in [-0.15, -0.1) is 0 Å². The molecule has 0 rings (SSSR count). The first-order chi connectivity index (χ1) is 9.07. The van der Waals surface area contributed by atoms with E-state index < -0.39 is 12.0 Å². The van der Waals surface area contributed by atoms with E-state index in [9.17, 15) is 9.59 Å². The van der Waals surface area contributed by atoms with Crippen molar-refractivity contribution in [1.29, 1.82) is 0 Å². The summed E-state index contributed by atoms with van der Waals surface area (Å²) < 4.78 is 0.